The monoisotopic (exact) mass is 176 g/mol. The van der Waals surface area contributed by atoms with Crippen LogP contribution in [-0.2, 0) is 9.59 Å². The Kier molecular flexibility index (Phi) is 2.35. The van der Waals surface area contributed by atoms with E-state index in [9.17, 15) is 9.59 Å². The molecule has 0 saturated carbocycles. The van der Waals surface area contributed by atoms with E-state index in [0.29, 0.717) is 5.75 Å². The van der Waals surface area contributed by atoms with Crippen molar-refractivity contribution in [2.24, 2.45) is 5.73 Å². The van der Waals surface area contributed by atoms with Crippen LogP contribution in [0.2, 0.25) is 0 Å². The second-order valence-corrected chi connectivity index (χ2v) is 3.31. The van der Waals surface area contributed by atoms with Gasteiger partial charge in [-0.3, -0.25) is 14.9 Å². The summed E-state index contributed by atoms with van der Waals surface area (Å²) < 4.78 is 0. The standard InChI is InChI=1S/C5H8N2O3S/c6-3(8)4-7-2(1-11-4)5(9)10/h2,4,7H,1H2,(H2,6,8)(H,9,10). The third-order valence-corrected chi connectivity index (χ3v) is 2.57. The highest BCUT2D eigenvalue weighted by molar-refractivity contribution is 8.00. The SMILES string of the molecule is NC(=O)C1NC(C(=O)O)CS1. The number of aliphatic carboxylic acids is 1. The summed E-state index contributed by atoms with van der Waals surface area (Å²) in [5.74, 6) is -1.07. The number of nitrogens with two attached hydrogens (primary N) is 1. The van der Waals surface area contributed by atoms with Gasteiger partial charge in [-0.1, -0.05) is 0 Å². The first-order valence-electron chi connectivity index (χ1n) is 3.01. The summed E-state index contributed by atoms with van der Waals surface area (Å²) in [6, 6.07) is -0.641. The molecule has 0 aromatic rings. The quantitative estimate of drug-likeness (QED) is 0.480. The maximum Gasteiger partial charge on any atom is 0.321 e. The number of carboxylic acid groups (broad SMARTS) is 1. The van der Waals surface area contributed by atoms with Crippen LogP contribution in [0.15, 0.2) is 0 Å². The molecule has 0 aromatic heterocycles. The van der Waals surface area contributed by atoms with Crippen LogP contribution in [0.1, 0.15) is 0 Å². The summed E-state index contributed by atoms with van der Waals surface area (Å²) in [7, 11) is 0. The summed E-state index contributed by atoms with van der Waals surface area (Å²) >= 11 is 1.22. The maximum absolute atomic E-state index is 10.5. The summed E-state index contributed by atoms with van der Waals surface area (Å²) in [6.07, 6.45) is 0. The Morgan fingerprint density at radius 1 is 1.64 bits per heavy atom. The predicted octanol–water partition coefficient (Wildman–Crippen LogP) is -1.41. The Morgan fingerprint density at radius 3 is 2.55 bits per heavy atom. The number of hydrogen-bond donors (Lipinski definition) is 3. The zero-order chi connectivity index (χ0) is 8.43. The van der Waals surface area contributed by atoms with Crippen LogP contribution in [0, 0.1) is 0 Å². The van der Waals surface area contributed by atoms with E-state index in [1.54, 1.807) is 0 Å². The molecular weight excluding hydrogens is 168 g/mol. The van der Waals surface area contributed by atoms with Gasteiger partial charge in [-0.2, -0.15) is 0 Å². The average Bonchev–Trinajstić information content (AvgIpc) is 2.33. The molecule has 1 heterocycles. The lowest BCUT2D eigenvalue weighted by Crippen LogP contribution is -2.42. The molecule has 1 saturated heterocycles. The van der Waals surface area contributed by atoms with Gasteiger partial charge in [-0.25, -0.2) is 0 Å². The van der Waals surface area contributed by atoms with Crippen LogP contribution < -0.4 is 11.1 Å². The molecule has 5 nitrogen and oxygen atoms in total. The van der Waals surface area contributed by atoms with Gasteiger partial charge in [0, 0.05) is 5.75 Å². The number of thioether (sulfide) groups is 1. The van der Waals surface area contributed by atoms with Crippen LogP contribution in [0.4, 0.5) is 0 Å². The summed E-state index contributed by atoms with van der Waals surface area (Å²) in [5, 5.41) is 10.5. The molecular formula is C5H8N2O3S. The van der Waals surface area contributed by atoms with Crippen molar-refractivity contribution in [2.75, 3.05) is 5.75 Å². The average molecular weight is 176 g/mol. The molecule has 4 N–H and O–H groups in total. The van der Waals surface area contributed by atoms with Gasteiger partial charge >= 0.3 is 5.97 Å². The van der Waals surface area contributed by atoms with E-state index in [0.717, 1.165) is 0 Å². The lowest BCUT2D eigenvalue weighted by molar-refractivity contribution is -0.138. The number of carboxylic acids is 1. The van der Waals surface area contributed by atoms with Gasteiger partial charge < -0.3 is 10.8 Å². The second-order valence-electron chi connectivity index (χ2n) is 2.17. The largest absolute Gasteiger partial charge is 0.480 e. The van der Waals surface area contributed by atoms with Crippen molar-refractivity contribution >= 4 is 23.6 Å². The van der Waals surface area contributed by atoms with Crippen molar-refractivity contribution in [1.82, 2.24) is 5.32 Å². The van der Waals surface area contributed by atoms with Gasteiger partial charge in [0.2, 0.25) is 5.91 Å². The minimum atomic E-state index is -0.943. The fourth-order valence-corrected chi connectivity index (χ4v) is 1.83. The highest BCUT2D eigenvalue weighted by atomic mass is 32.2. The Morgan fingerprint density at radius 2 is 2.27 bits per heavy atom. The number of hydrogen-bond acceptors (Lipinski definition) is 4. The summed E-state index contributed by atoms with van der Waals surface area (Å²) in [4.78, 5) is 20.9. The Hall–Kier alpha value is -0.750. The fraction of sp³-hybridized carbons (Fsp3) is 0.600. The molecule has 2 unspecified atom stereocenters. The van der Waals surface area contributed by atoms with Crippen LogP contribution in [-0.4, -0.2) is 34.2 Å². The highest BCUT2D eigenvalue weighted by Gasteiger charge is 2.32. The first-order valence-corrected chi connectivity index (χ1v) is 4.06. The lowest BCUT2D eigenvalue weighted by Gasteiger charge is -2.04. The van der Waals surface area contributed by atoms with E-state index in [1.165, 1.54) is 11.8 Å². The number of amides is 1. The Balaban J connectivity index is 2.47. The number of carbonyl (C=O) groups is 2. The third kappa shape index (κ3) is 1.84. The molecule has 0 spiro atoms. The molecule has 1 amide bonds. The number of carbonyl (C=O) groups excluding carboxylic acids is 1. The molecule has 62 valence electrons. The molecule has 1 aliphatic rings. The Labute approximate surface area is 67.3 Å². The maximum atomic E-state index is 10.5. The van der Waals surface area contributed by atoms with Crippen LogP contribution >= 0.6 is 11.8 Å². The van der Waals surface area contributed by atoms with Crippen molar-refractivity contribution in [3.63, 3.8) is 0 Å². The first kappa shape index (κ1) is 8.35. The lowest BCUT2D eigenvalue weighted by atomic mass is 10.3. The molecule has 1 fully saturated rings. The molecule has 0 bridgehead atoms. The van der Waals surface area contributed by atoms with E-state index < -0.39 is 23.3 Å². The van der Waals surface area contributed by atoms with E-state index in [2.05, 4.69) is 5.32 Å². The van der Waals surface area contributed by atoms with Gasteiger partial charge in [0.25, 0.3) is 0 Å². The minimum absolute atomic E-state index is 0.392. The van der Waals surface area contributed by atoms with Crippen molar-refractivity contribution in [3.05, 3.63) is 0 Å². The van der Waals surface area contributed by atoms with Gasteiger partial charge in [0.1, 0.15) is 11.4 Å². The number of rotatable bonds is 2. The third-order valence-electron chi connectivity index (χ3n) is 1.34. The molecule has 0 aromatic carbocycles. The van der Waals surface area contributed by atoms with Crippen LogP contribution in [0.25, 0.3) is 0 Å². The van der Waals surface area contributed by atoms with Gasteiger partial charge in [0.15, 0.2) is 0 Å². The molecule has 0 radical (unpaired) electrons. The molecule has 0 aliphatic carbocycles. The van der Waals surface area contributed by atoms with Crippen molar-refractivity contribution < 1.29 is 14.7 Å². The van der Waals surface area contributed by atoms with Crippen LogP contribution in [0.5, 0.6) is 0 Å². The predicted molar refractivity (Wildman–Crippen MR) is 40.0 cm³/mol. The molecule has 6 heteroatoms. The van der Waals surface area contributed by atoms with Crippen molar-refractivity contribution in [3.8, 4) is 0 Å². The summed E-state index contributed by atoms with van der Waals surface area (Å²) in [6.45, 7) is 0. The van der Waals surface area contributed by atoms with Gasteiger partial charge in [-0.05, 0) is 0 Å². The number of nitrogens with one attached hydrogen (secondary N) is 1. The second kappa shape index (κ2) is 3.10. The topological polar surface area (TPSA) is 92.4 Å². The van der Waals surface area contributed by atoms with Crippen molar-refractivity contribution in [1.29, 1.82) is 0 Å². The molecule has 1 aliphatic heterocycles. The Bertz CT molecular complexity index is 176. The van der Waals surface area contributed by atoms with E-state index >= 15 is 0 Å². The van der Waals surface area contributed by atoms with Gasteiger partial charge in [-0.15, -0.1) is 11.8 Å². The zero-order valence-electron chi connectivity index (χ0n) is 5.61. The fourth-order valence-electron chi connectivity index (χ4n) is 0.778. The smallest absolute Gasteiger partial charge is 0.321 e. The number of primary amides is 1. The van der Waals surface area contributed by atoms with Gasteiger partial charge in [0.05, 0.1) is 0 Å². The molecule has 1 rings (SSSR count). The molecule has 11 heavy (non-hydrogen) atoms. The van der Waals surface area contributed by atoms with E-state index in [1.807, 2.05) is 0 Å². The van der Waals surface area contributed by atoms with E-state index in [4.69, 9.17) is 10.8 Å². The normalized spacial score (nSPS) is 30.2. The summed E-state index contributed by atoms with van der Waals surface area (Å²) in [5.41, 5.74) is 4.94. The van der Waals surface area contributed by atoms with E-state index in [-0.39, 0.29) is 0 Å². The zero-order valence-corrected chi connectivity index (χ0v) is 6.43. The van der Waals surface area contributed by atoms with Crippen molar-refractivity contribution in [2.45, 2.75) is 11.4 Å². The highest BCUT2D eigenvalue weighted by Crippen LogP contribution is 2.17. The van der Waals surface area contributed by atoms with Crippen LogP contribution in [0.3, 0.4) is 0 Å². The minimum Gasteiger partial charge on any atom is -0.480 e. The molecule has 2 atom stereocenters. The first-order chi connectivity index (χ1) is 5.11.